The molecule has 1 aliphatic rings. The molecule has 2 aromatic rings. The number of rotatable bonds is 4. The Morgan fingerprint density at radius 3 is 2.35 bits per heavy atom. The lowest BCUT2D eigenvalue weighted by Crippen LogP contribution is -2.41. The van der Waals surface area contributed by atoms with Crippen molar-refractivity contribution >= 4 is 27.5 Å². The minimum Gasteiger partial charge on any atom is -0.442 e. The first-order valence-corrected chi connectivity index (χ1v) is 10.4. The highest BCUT2D eigenvalue weighted by atomic mass is 32.2. The third-order valence-electron chi connectivity index (χ3n) is 4.09. The lowest BCUT2D eigenvalue weighted by atomic mass is 10.2. The maximum absolute atomic E-state index is 13.2. The number of benzene rings is 2. The number of carbonyl (C=O) groups excluding carboxylic acids is 1. The van der Waals surface area contributed by atoms with Crippen LogP contribution in [0.4, 0.5) is 25.0 Å². The van der Waals surface area contributed by atoms with Crippen molar-refractivity contribution in [2.24, 2.45) is 5.84 Å². The van der Waals surface area contributed by atoms with Gasteiger partial charge in [-0.25, -0.2) is 24.1 Å². The van der Waals surface area contributed by atoms with Gasteiger partial charge in [-0.3, -0.25) is 4.31 Å². The average molecular weight is 457 g/mol. The van der Waals surface area contributed by atoms with Crippen LogP contribution in [0.15, 0.2) is 47.4 Å². The van der Waals surface area contributed by atoms with Gasteiger partial charge < -0.3 is 14.2 Å². The van der Waals surface area contributed by atoms with Crippen molar-refractivity contribution in [3.05, 3.63) is 42.5 Å². The van der Waals surface area contributed by atoms with Crippen LogP contribution >= 0.6 is 0 Å². The van der Waals surface area contributed by atoms with Gasteiger partial charge >= 0.3 is 12.4 Å². The summed E-state index contributed by atoms with van der Waals surface area (Å²) in [6, 6.07) is 8.93. The smallest absolute Gasteiger partial charge is 0.442 e. The van der Waals surface area contributed by atoms with E-state index in [0.29, 0.717) is 5.01 Å². The number of carbonyl (C=O) groups is 1. The molecule has 0 unspecified atom stereocenters. The highest BCUT2D eigenvalue weighted by Crippen LogP contribution is 2.43. The fourth-order valence-corrected chi connectivity index (χ4v) is 3.87. The van der Waals surface area contributed by atoms with Gasteiger partial charge in [0, 0.05) is 13.1 Å². The van der Waals surface area contributed by atoms with E-state index < -0.39 is 28.0 Å². The second-order valence-corrected chi connectivity index (χ2v) is 9.59. The van der Waals surface area contributed by atoms with Crippen molar-refractivity contribution in [1.82, 2.24) is 0 Å². The van der Waals surface area contributed by atoms with Gasteiger partial charge in [0.15, 0.2) is 11.5 Å². The van der Waals surface area contributed by atoms with Gasteiger partial charge in [-0.15, -0.1) is 8.78 Å². The molecule has 0 aromatic heterocycles. The molecule has 9 nitrogen and oxygen atoms in total. The summed E-state index contributed by atoms with van der Waals surface area (Å²) in [6.07, 6.45) is -4.69. The summed E-state index contributed by atoms with van der Waals surface area (Å²) in [5.74, 6) is 5.28. The summed E-state index contributed by atoms with van der Waals surface area (Å²) in [7, 11) is -2.90. The fourth-order valence-electron chi connectivity index (χ4n) is 2.64. The lowest BCUT2D eigenvalue weighted by molar-refractivity contribution is -0.286. The molecule has 1 amide bonds. The molecule has 12 heteroatoms. The number of anilines is 2. The molecule has 168 valence electrons. The summed E-state index contributed by atoms with van der Waals surface area (Å²) in [4.78, 5) is 12.0. The van der Waals surface area contributed by atoms with E-state index in [2.05, 4.69) is 9.47 Å². The summed E-state index contributed by atoms with van der Waals surface area (Å²) in [5.41, 5.74) is -0.661. The van der Waals surface area contributed by atoms with E-state index in [9.17, 15) is 22.0 Å². The Kier molecular flexibility index (Phi) is 5.48. The number of ether oxygens (including phenoxy) is 3. The van der Waals surface area contributed by atoms with Gasteiger partial charge in [0.25, 0.3) is 10.0 Å². The number of fused-ring (bicyclic) bond motifs is 1. The predicted molar refractivity (Wildman–Crippen MR) is 108 cm³/mol. The van der Waals surface area contributed by atoms with E-state index >= 15 is 0 Å². The molecule has 3 rings (SSSR count). The molecular weight excluding hydrogens is 436 g/mol. The number of nitrogens with two attached hydrogens (primary N) is 1. The van der Waals surface area contributed by atoms with Gasteiger partial charge in [-0.1, -0.05) is 6.07 Å². The van der Waals surface area contributed by atoms with E-state index in [-0.39, 0.29) is 27.8 Å². The second-order valence-electron chi connectivity index (χ2n) is 7.62. The maximum atomic E-state index is 13.2. The molecule has 0 spiro atoms. The van der Waals surface area contributed by atoms with Crippen LogP contribution in [0, 0.1) is 0 Å². The number of alkyl halides is 2. The molecule has 0 saturated carbocycles. The van der Waals surface area contributed by atoms with Gasteiger partial charge in [0.1, 0.15) is 5.60 Å². The topological polar surface area (TPSA) is 111 Å². The number of sulfonamides is 1. The standard InChI is InChI=1S/C19H21F2N3O6S/c1-18(2,3)30-17(25)24(22)13-6-5-7-14(10-13)31(26,27)23(4)12-8-9-15-16(11-12)29-19(20,21)28-15/h5-11H,22H2,1-4H3. The molecule has 0 atom stereocenters. The zero-order valence-corrected chi connectivity index (χ0v) is 17.9. The summed E-state index contributed by atoms with van der Waals surface area (Å²) >= 11 is 0. The Morgan fingerprint density at radius 1 is 1.06 bits per heavy atom. The summed E-state index contributed by atoms with van der Waals surface area (Å²) in [5, 5.41) is 0.687. The normalized spacial score (nSPS) is 14.8. The Morgan fingerprint density at radius 2 is 1.71 bits per heavy atom. The van der Waals surface area contributed by atoms with Gasteiger partial charge in [0.2, 0.25) is 0 Å². The number of halogens is 2. The Balaban J connectivity index is 1.88. The number of hydrazine groups is 1. The van der Waals surface area contributed by atoms with E-state index in [1.165, 1.54) is 43.4 Å². The van der Waals surface area contributed by atoms with Crippen LogP contribution in [0.5, 0.6) is 11.5 Å². The molecule has 0 bridgehead atoms. The molecule has 1 aliphatic heterocycles. The Hall–Kier alpha value is -3.12. The van der Waals surface area contributed by atoms with Crippen molar-refractivity contribution < 1.29 is 36.2 Å². The molecule has 0 fully saturated rings. The van der Waals surface area contributed by atoms with E-state index in [4.69, 9.17) is 10.6 Å². The largest absolute Gasteiger partial charge is 0.586 e. The molecule has 1 heterocycles. The van der Waals surface area contributed by atoms with Crippen molar-refractivity contribution in [2.75, 3.05) is 16.4 Å². The number of hydrogen-bond donors (Lipinski definition) is 1. The average Bonchev–Trinajstić information content (AvgIpc) is 2.98. The maximum Gasteiger partial charge on any atom is 0.586 e. The van der Waals surface area contributed by atoms with Gasteiger partial charge in [-0.2, -0.15) is 0 Å². The summed E-state index contributed by atoms with van der Waals surface area (Å²) < 4.78 is 67.3. The molecule has 0 saturated heterocycles. The van der Waals surface area contributed by atoms with Crippen LogP contribution in [0.1, 0.15) is 20.8 Å². The molecule has 0 aliphatic carbocycles. The van der Waals surface area contributed by atoms with Crippen LogP contribution < -0.4 is 24.6 Å². The number of amides is 1. The predicted octanol–water partition coefficient (Wildman–Crippen LogP) is 3.45. The molecule has 31 heavy (non-hydrogen) atoms. The van der Waals surface area contributed by atoms with Crippen molar-refractivity contribution in [3.63, 3.8) is 0 Å². The molecule has 0 radical (unpaired) electrons. The fraction of sp³-hybridized carbons (Fsp3) is 0.316. The first-order chi connectivity index (χ1) is 14.2. The first kappa shape index (κ1) is 22.6. The van der Waals surface area contributed by atoms with Crippen LogP contribution in [0.25, 0.3) is 0 Å². The molecular formula is C19H21F2N3O6S. The van der Waals surface area contributed by atoms with E-state index in [0.717, 1.165) is 10.4 Å². The number of nitrogens with zero attached hydrogens (tertiary/aromatic N) is 2. The van der Waals surface area contributed by atoms with Crippen molar-refractivity contribution in [3.8, 4) is 11.5 Å². The molecule has 2 N–H and O–H groups in total. The van der Waals surface area contributed by atoms with Crippen LogP contribution in [-0.4, -0.2) is 33.5 Å². The first-order valence-electron chi connectivity index (χ1n) is 8.96. The Bertz CT molecular complexity index is 1120. The van der Waals surface area contributed by atoms with Crippen molar-refractivity contribution in [1.29, 1.82) is 0 Å². The lowest BCUT2D eigenvalue weighted by Gasteiger charge is -2.25. The van der Waals surface area contributed by atoms with Gasteiger partial charge in [-0.05, 0) is 51.1 Å². The zero-order chi connectivity index (χ0) is 23.2. The molecule has 2 aromatic carbocycles. The minimum absolute atomic E-state index is 0.0576. The second kappa shape index (κ2) is 7.54. The van der Waals surface area contributed by atoms with Crippen LogP contribution in [0.3, 0.4) is 0 Å². The van der Waals surface area contributed by atoms with Crippen molar-refractivity contribution in [2.45, 2.75) is 37.6 Å². The summed E-state index contributed by atoms with van der Waals surface area (Å²) in [6.45, 7) is 4.99. The highest BCUT2D eigenvalue weighted by molar-refractivity contribution is 7.92. The van der Waals surface area contributed by atoms with E-state index in [1.54, 1.807) is 20.8 Å². The highest BCUT2D eigenvalue weighted by Gasteiger charge is 2.43. The zero-order valence-electron chi connectivity index (χ0n) is 17.1. The quantitative estimate of drug-likeness (QED) is 0.425. The van der Waals surface area contributed by atoms with Crippen LogP contribution in [0.2, 0.25) is 0 Å². The number of hydrogen-bond acceptors (Lipinski definition) is 7. The van der Waals surface area contributed by atoms with Gasteiger partial charge in [0.05, 0.1) is 16.3 Å². The Labute approximate surface area is 177 Å². The van der Waals surface area contributed by atoms with E-state index in [1.807, 2.05) is 0 Å². The minimum atomic E-state index is -4.14. The SMILES string of the molecule is CN(c1ccc2c(c1)OC(F)(F)O2)S(=O)(=O)c1cccc(N(N)C(=O)OC(C)(C)C)c1. The monoisotopic (exact) mass is 457 g/mol. The van der Waals surface area contributed by atoms with Crippen LogP contribution in [-0.2, 0) is 14.8 Å². The third kappa shape index (κ3) is 4.80. The third-order valence-corrected chi connectivity index (χ3v) is 5.87.